The molecule has 1 unspecified atom stereocenters. The van der Waals surface area contributed by atoms with Gasteiger partial charge in [0, 0.05) is 44.1 Å². The van der Waals surface area contributed by atoms with Crippen molar-refractivity contribution in [1.29, 1.82) is 0 Å². The molecule has 2 saturated heterocycles. The lowest BCUT2D eigenvalue weighted by molar-refractivity contribution is 0.0209. The van der Waals surface area contributed by atoms with Gasteiger partial charge in [-0.15, -0.1) is 11.6 Å². The molecule has 1 aromatic rings. The maximum atomic E-state index is 5.85. The van der Waals surface area contributed by atoms with Crippen molar-refractivity contribution >= 4 is 17.3 Å². The number of alkyl halides is 1. The first-order valence-corrected chi connectivity index (χ1v) is 7.48. The molecule has 0 aliphatic carbocycles. The van der Waals surface area contributed by atoms with E-state index in [2.05, 4.69) is 26.9 Å². The molecule has 1 aromatic heterocycles. The highest BCUT2D eigenvalue weighted by Gasteiger charge is 2.28. The van der Waals surface area contributed by atoms with Gasteiger partial charge in [0.15, 0.2) is 0 Å². The molecule has 1 atom stereocenters. The van der Waals surface area contributed by atoms with E-state index in [1.54, 1.807) is 0 Å². The van der Waals surface area contributed by atoms with Crippen LogP contribution in [0.4, 0.5) is 5.69 Å². The molecule has 0 spiro atoms. The quantitative estimate of drug-likeness (QED) is 0.789. The van der Waals surface area contributed by atoms with Crippen molar-refractivity contribution in [2.45, 2.75) is 18.3 Å². The average Bonchev–Trinajstić information content (AvgIpc) is 2.98. The lowest BCUT2D eigenvalue weighted by Crippen LogP contribution is -2.44. The summed E-state index contributed by atoms with van der Waals surface area (Å²) >= 11 is 5.85. The summed E-state index contributed by atoms with van der Waals surface area (Å²) < 4.78 is 5.42. The summed E-state index contributed by atoms with van der Waals surface area (Å²) in [6.07, 6.45) is 3.09. The minimum atomic E-state index is 0.481. The maximum Gasteiger partial charge on any atom is 0.0648 e. The predicted molar refractivity (Wildman–Crippen MR) is 76.8 cm³/mol. The predicted octanol–water partition coefficient (Wildman–Crippen LogP) is 1.73. The summed E-state index contributed by atoms with van der Waals surface area (Å²) in [6, 6.07) is 4.85. The van der Waals surface area contributed by atoms with Gasteiger partial charge < -0.3 is 9.64 Å². The topological polar surface area (TPSA) is 28.6 Å². The molecule has 104 valence electrons. The second-order valence-electron chi connectivity index (χ2n) is 5.18. The number of hydrogen-bond donors (Lipinski definition) is 0. The van der Waals surface area contributed by atoms with Crippen LogP contribution in [0.5, 0.6) is 0 Å². The van der Waals surface area contributed by atoms with Crippen LogP contribution < -0.4 is 4.90 Å². The van der Waals surface area contributed by atoms with Gasteiger partial charge in [-0.3, -0.25) is 9.88 Å². The molecule has 0 radical (unpaired) electrons. The van der Waals surface area contributed by atoms with Gasteiger partial charge in [-0.1, -0.05) is 0 Å². The summed E-state index contributed by atoms with van der Waals surface area (Å²) in [6.45, 7) is 6.12. The molecule has 3 heterocycles. The van der Waals surface area contributed by atoms with Crippen LogP contribution in [0.25, 0.3) is 0 Å². The Hall–Kier alpha value is -0.840. The van der Waals surface area contributed by atoms with E-state index >= 15 is 0 Å². The van der Waals surface area contributed by atoms with Gasteiger partial charge in [0.1, 0.15) is 0 Å². The zero-order chi connectivity index (χ0) is 13.1. The van der Waals surface area contributed by atoms with Gasteiger partial charge in [-0.2, -0.15) is 0 Å². The number of aromatic nitrogens is 1. The van der Waals surface area contributed by atoms with E-state index in [0.29, 0.717) is 11.9 Å². The molecule has 4 nitrogen and oxygen atoms in total. The third-order valence-corrected chi connectivity index (χ3v) is 4.30. The van der Waals surface area contributed by atoms with Crippen LogP contribution in [0.2, 0.25) is 0 Å². The van der Waals surface area contributed by atoms with Gasteiger partial charge in [0.2, 0.25) is 0 Å². The van der Waals surface area contributed by atoms with Gasteiger partial charge >= 0.3 is 0 Å². The summed E-state index contributed by atoms with van der Waals surface area (Å²) in [5.41, 5.74) is 2.20. The van der Waals surface area contributed by atoms with Crippen molar-refractivity contribution in [3.8, 4) is 0 Å². The molecule has 2 fully saturated rings. The number of anilines is 1. The summed E-state index contributed by atoms with van der Waals surface area (Å²) in [4.78, 5) is 9.26. The van der Waals surface area contributed by atoms with Crippen LogP contribution in [0.15, 0.2) is 18.3 Å². The van der Waals surface area contributed by atoms with Crippen molar-refractivity contribution in [3.05, 3.63) is 24.0 Å². The van der Waals surface area contributed by atoms with E-state index < -0.39 is 0 Å². The normalized spacial score (nSPS) is 24.9. The minimum absolute atomic E-state index is 0.481. The largest absolute Gasteiger partial charge is 0.379 e. The van der Waals surface area contributed by atoms with E-state index in [-0.39, 0.29) is 0 Å². The van der Waals surface area contributed by atoms with E-state index in [1.807, 2.05) is 6.20 Å². The fourth-order valence-corrected chi connectivity index (χ4v) is 3.10. The lowest BCUT2D eigenvalue weighted by atomic mass is 10.2. The first-order valence-electron chi connectivity index (χ1n) is 6.94. The highest BCUT2D eigenvalue weighted by Crippen LogP contribution is 2.24. The Morgan fingerprint density at radius 1 is 1.32 bits per heavy atom. The number of nitrogens with zero attached hydrogens (tertiary/aromatic N) is 3. The molecular weight excluding hydrogens is 262 g/mol. The number of rotatable bonds is 3. The fourth-order valence-electron chi connectivity index (χ4n) is 2.95. The van der Waals surface area contributed by atoms with Crippen LogP contribution in [0.3, 0.4) is 0 Å². The summed E-state index contributed by atoms with van der Waals surface area (Å²) in [5, 5.41) is 0. The zero-order valence-corrected chi connectivity index (χ0v) is 11.9. The van der Waals surface area contributed by atoms with Gasteiger partial charge in [0.05, 0.1) is 24.8 Å². The molecule has 19 heavy (non-hydrogen) atoms. The van der Waals surface area contributed by atoms with Gasteiger partial charge in [0.25, 0.3) is 0 Å². The molecule has 3 rings (SSSR count). The van der Waals surface area contributed by atoms with Crippen molar-refractivity contribution in [2.75, 3.05) is 44.3 Å². The molecular formula is C14H20ClN3O. The van der Waals surface area contributed by atoms with Gasteiger partial charge in [-0.05, 0) is 18.6 Å². The highest BCUT2D eigenvalue weighted by atomic mass is 35.5. The fraction of sp³-hybridized carbons (Fsp3) is 0.643. The summed E-state index contributed by atoms with van der Waals surface area (Å²) in [5.74, 6) is 0.481. The van der Waals surface area contributed by atoms with Crippen molar-refractivity contribution < 1.29 is 4.74 Å². The number of pyridine rings is 1. The number of ether oxygens (including phenoxy) is 1. The first-order chi connectivity index (χ1) is 9.36. The monoisotopic (exact) mass is 281 g/mol. The molecule has 0 bridgehead atoms. The number of hydrogen-bond acceptors (Lipinski definition) is 4. The third-order valence-electron chi connectivity index (χ3n) is 4.03. The van der Waals surface area contributed by atoms with E-state index in [0.717, 1.165) is 45.1 Å². The average molecular weight is 282 g/mol. The molecule has 2 aliphatic heterocycles. The maximum absolute atomic E-state index is 5.85. The molecule has 0 saturated carbocycles. The molecule has 0 N–H and O–H groups in total. The minimum Gasteiger partial charge on any atom is -0.379 e. The molecule has 0 amide bonds. The standard InChI is InChI=1S/C14H20ClN3O/c15-10-12-9-13(1-3-16-12)18-4-2-14(11-18)17-5-7-19-8-6-17/h1,3,9,14H,2,4-8,10-11H2. The van der Waals surface area contributed by atoms with Crippen molar-refractivity contribution in [2.24, 2.45) is 0 Å². The van der Waals surface area contributed by atoms with Crippen LogP contribution >= 0.6 is 11.6 Å². The Morgan fingerprint density at radius 3 is 2.95 bits per heavy atom. The van der Waals surface area contributed by atoms with Crippen molar-refractivity contribution in [3.63, 3.8) is 0 Å². The Morgan fingerprint density at radius 2 is 2.16 bits per heavy atom. The van der Waals surface area contributed by atoms with Crippen LogP contribution in [0.1, 0.15) is 12.1 Å². The van der Waals surface area contributed by atoms with Crippen LogP contribution in [-0.4, -0.2) is 55.3 Å². The Balaban J connectivity index is 1.64. The Kier molecular flexibility index (Phi) is 4.21. The number of halogens is 1. The lowest BCUT2D eigenvalue weighted by Gasteiger charge is -2.32. The van der Waals surface area contributed by atoms with E-state index in [9.17, 15) is 0 Å². The van der Waals surface area contributed by atoms with E-state index in [1.165, 1.54) is 12.1 Å². The second-order valence-corrected chi connectivity index (χ2v) is 5.44. The SMILES string of the molecule is ClCc1cc(N2CCC(N3CCOCC3)C2)ccn1. The second kappa shape index (κ2) is 6.07. The smallest absolute Gasteiger partial charge is 0.0648 e. The van der Waals surface area contributed by atoms with Crippen LogP contribution in [-0.2, 0) is 10.6 Å². The third kappa shape index (κ3) is 3.02. The molecule has 2 aliphatic rings. The Bertz CT molecular complexity index is 423. The first kappa shape index (κ1) is 13.2. The molecule has 0 aromatic carbocycles. The Labute approximate surface area is 119 Å². The van der Waals surface area contributed by atoms with Crippen LogP contribution in [0, 0.1) is 0 Å². The number of morpholine rings is 1. The highest BCUT2D eigenvalue weighted by molar-refractivity contribution is 6.16. The molecule has 5 heteroatoms. The van der Waals surface area contributed by atoms with E-state index in [4.69, 9.17) is 16.3 Å². The zero-order valence-electron chi connectivity index (χ0n) is 11.1. The van der Waals surface area contributed by atoms with Crippen molar-refractivity contribution in [1.82, 2.24) is 9.88 Å². The summed E-state index contributed by atoms with van der Waals surface area (Å²) in [7, 11) is 0. The van der Waals surface area contributed by atoms with Gasteiger partial charge in [-0.25, -0.2) is 0 Å².